The topological polar surface area (TPSA) is 63.7 Å². The first-order chi connectivity index (χ1) is 12.5. The van der Waals surface area contributed by atoms with Crippen molar-refractivity contribution in [3.63, 3.8) is 0 Å². The summed E-state index contributed by atoms with van der Waals surface area (Å²) in [5.41, 5.74) is 1.28. The number of hydrogen-bond donors (Lipinski definition) is 0. The summed E-state index contributed by atoms with van der Waals surface area (Å²) in [6, 6.07) is 16.7. The van der Waals surface area contributed by atoms with E-state index in [0.717, 1.165) is 12.1 Å². The summed E-state index contributed by atoms with van der Waals surface area (Å²) < 4.78 is 30.9. The molecule has 5 nitrogen and oxygen atoms in total. The molecule has 132 valence electrons. The van der Waals surface area contributed by atoms with Gasteiger partial charge in [0.2, 0.25) is 0 Å². The number of amides is 1. The highest BCUT2D eigenvalue weighted by Crippen LogP contribution is 2.40. The summed E-state index contributed by atoms with van der Waals surface area (Å²) in [6.07, 6.45) is 0.818. The minimum Gasteiger partial charge on any atom is -0.379 e. The minimum atomic E-state index is -4.02. The van der Waals surface area contributed by atoms with Gasteiger partial charge in [0.05, 0.1) is 5.69 Å². The lowest BCUT2D eigenvalue weighted by molar-refractivity contribution is 0.0993. The van der Waals surface area contributed by atoms with Gasteiger partial charge in [-0.2, -0.15) is 8.42 Å². The van der Waals surface area contributed by atoms with Crippen LogP contribution in [0.3, 0.4) is 0 Å². The van der Waals surface area contributed by atoms with Crippen molar-refractivity contribution in [2.24, 2.45) is 0 Å². The largest absolute Gasteiger partial charge is 0.379 e. The van der Waals surface area contributed by atoms with E-state index in [9.17, 15) is 13.2 Å². The number of carbonyl (C=O) groups excluding carboxylic acids is 1. The summed E-state index contributed by atoms with van der Waals surface area (Å²) in [5.74, 6) is 0.158. The van der Waals surface area contributed by atoms with E-state index < -0.39 is 10.1 Å². The maximum absolute atomic E-state index is 12.8. The highest BCUT2D eigenvalue weighted by molar-refractivity contribution is 7.87. The monoisotopic (exact) mass is 367 g/mol. The van der Waals surface area contributed by atoms with Crippen LogP contribution in [-0.2, 0) is 10.1 Å². The first kappa shape index (κ1) is 16.6. The van der Waals surface area contributed by atoms with Crippen molar-refractivity contribution in [2.45, 2.75) is 18.2 Å². The van der Waals surface area contributed by atoms with Gasteiger partial charge < -0.3 is 9.08 Å². The van der Waals surface area contributed by atoms with Crippen molar-refractivity contribution in [1.29, 1.82) is 0 Å². The van der Waals surface area contributed by atoms with Gasteiger partial charge in [-0.05, 0) is 36.8 Å². The smallest absolute Gasteiger partial charge is 0.339 e. The van der Waals surface area contributed by atoms with E-state index in [1.165, 1.54) is 6.07 Å². The van der Waals surface area contributed by atoms with E-state index in [2.05, 4.69) is 0 Å². The molecule has 0 radical (unpaired) electrons. The fraction of sp³-hybridized carbons (Fsp3) is 0.150. The van der Waals surface area contributed by atoms with E-state index in [1.54, 1.807) is 59.5 Å². The first-order valence-electron chi connectivity index (χ1n) is 8.40. The molecule has 6 heteroatoms. The SMILES string of the molecule is CCCN1C(=O)c2cccc3c(S(=O)(=O)Oc4ccccc4)ccc1c23. The summed E-state index contributed by atoms with van der Waals surface area (Å²) in [4.78, 5) is 14.4. The Morgan fingerprint density at radius 2 is 1.73 bits per heavy atom. The molecule has 0 bridgehead atoms. The number of anilines is 1. The molecule has 0 aliphatic carbocycles. The zero-order valence-corrected chi connectivity index (χ0v) is 15.0. The Morgan fingerprint density at radius 3 is 2.46 bits per heavy atom. The normalized spacial score (nSPS) is 13.4. The molecular formula is C20H17NO4S. The van der Waals surface area contributed by atoms with Crippen LogP contribution >= 0.6 is 0 Å². The molecule has 1 heterocycles. The molecule has 0 saturated carbocycles. The van der Waals surface area contributed by atoms with Crippen molar-refractivity contribution < 1.29 is 17.4 Å². The second kappa shape index (κ2) is 6.14. The number of para-hydroxylation sites is 1. The average Bonchev–Trinajstić information content (AvgIpc) is 2.90. The van der Waals surface area contributed by atoms with Gasteiger partial charge in [0.25, 0.3) is 5.91 Å². The lowest BCUT2D eigenvalue weighted by Crippen LogP contribution is -2.27. The van der Waals surface area contributed by atoms with Crippen LogP contribution < -0.4 is 9.08 Å². The molecule has 0 unspecified atom stereocenters. The Balaban J connectivity index is 1.88. The van der Waals surface area contributed by atoms with Crippen molar-refractivity contribution in [1.82, 2.24) is 0 Å². The fourth-order valence-corrected chi connectivity index (χ4v) is 4.46. The number of benzene rings is 3. The molecule has 1 aliphatic rings. The van der Waals surface area contributed by atoms with Crippen molar-refractivity contribution in [3.8, 4) is 5.75 Å². The zero-order valence-electron chi connectivity index (χ0n) is 14.2. The van der Waals surface area contributed by atoms with E-state index in [4.69, 9.17) is 4.18 Å². The highest BCUT2D eigenvalue weighted by Gasteiger charge is 2.32. The van der Waals surface area contributed by atoms with Crippen LogP contribution in [0.4, 0.5) is 5.69 Å². The quantitative estimate of drug-likeness (QED) is 0.640. The van der Waals surface area contributed by atoms with Gasteiger partial charge in [0, 0.05) is 22.9 Å². The van der Waals surface area contributed by atoms with Gasteiger partial charge in [-0.1, -0.05) is 37.3 Å². The predicted molar refractivity (Wildman–Crippen MR) is 100 cm³/mol. The van der Waals surface area contributed by atoms with Gasteiger partial charge >= 0.3 is 10.1 Å². The van der Waals surface area contributed by atoms with Crippen molar-refractivity contribution in [3.05, 3.63) is 66.2 Å². The van der Waals surface area contributed by atoms with Gasteiger partial charge in [-0.3, -0.25) is 4.79 Å². The van der Waals surface area contributed by atoms with Crippen molar-refractivity contribution in [2.75, 3.05) is 11.4 Å². The minimum absolute atomic E-state index is 0.0631. The highest BCUT2D eigenvalue weighted by atomic mass is 32.2. The molecule has 1 amide bonds. The molecule has 3 aromatic rings. The van der Waals surface area contributed by atoms with E-state index in [1.807, 2.05) is 6.92 Å². The van der Waals surface area contributed by atoms with Crippen LogP contribution in [0.25, 0.3) is 10.8 Å². The van der Waals surface area contributed by atoms with Crippen LogP contribution in [0.15, 0.2) is 65.6 Å². The molecule has 4 rings (SSSR count). The summed E-state index contributed by atoms with van der Waals surface area (Å²) in [6.45, 7) is 2.59. The number of carbonyl (C=O) groups is 1. The van der Waals surface area contributed by atoms with Crippen LogP contribution in [0, 0.1) is 0 Å². The molecular weight excluding hydrogens is 350 g/mol. The third-order valence-electron chi connectivity index (χ3n) is 4.41. The maximum atomic E-state index is 12.8. The Kier molecular flexibility index (Phi) is 3.92. The number of rotatable bonds is 5. The van der Waals surface area contributed by atoms with Crippen LogP contribution in [0.1, 0.15) is 23.7 Å². The third-order valence-corrected chi connectivity index (χ3v) is 5.72. The molecule has 1 aliphatic heterocycles. The van der Waals surface area contributed by atoms with Gasteiger partial charge in [-0.25, -0.2) is 0 Å². The van der Waals surface area contributed by atoms with E-state index in [-0.39, 0.29) is 16.6 Å². The zero-order chi connectivity index (χ0) is 18.3. The number of hydrogen-bond acceptors (Lipinski definition) is 4. The molecule has 0 aromatic heterocycles. The Labute approximate surface area is 151 Å². The van der Waals surface area contributed by atoms with Crippen LogP contribution in [-0.4, -0.2) is 20.9 Å². The Hall–Kier alpha value is -2.86. The third kappa shape index (κ3) is 2.54. The molecule has 26 heavy (non-hydrogen) atoms. The predicted octanol–water partition coefficient (Wildman–Crippen LogP) is 3.98. The standard InChI is InChI=1S/C20H17NO4S/c1-2-13-21-17-11-12-18(15-9-6-10-16(19(15)17)20(21)22)26(23,24)25-14-7-4-3-5-8-14/h3-12H,2,13H2,1H3. The molecule has 3 aromatic carbocycles. The maximum Gasteiger partial charge on any atom is 0.339 e. The molecule has 0 saturated heterocycles. The summed E-state index contributed by atoms with van der Waals surface area (Å²) in [5, 5.41) is 1.17. The summed E-state index contributed by atoms with van der Waals surface area (Å²) >= 11 is 0. The molecule has 0 atom stereocenters. The van der Waals surface area contributed by atoms with Gasteiger partial charge in [-0.15, -0.1) is 0 Å². The van der Waals surface area contributed by atoms with E-state index in [0.29, 0.717) is 22.9 Å². The second-order valence-corrected chi connectivity index (χ2v) is 7.63. The lowest BCUT2D eigenvalue weighted by Gasteiger charge is -2.17. The Morgan fingerprint density at radius 1 is 0.962 bits per heavy atom. The summed E-state index contributed by atoms with van der Waals surface area (Å²) in [7, 11) is -4.02. The van der Waals surface area contributed by atoms with E-state index >= 15 is 0 Å². The van der Waals surface area contributed by atoms with Gasteiger partial charge in [0.1, 0.15) is 10.6 Å². The second-order valence-electron chi connectivity index (χ2n) is 6.12. The van der Waals surface area contributed by atoms with Crippen LogP contribution in [0.5, 0.6) is 5.75 Å². The number of nitrogens with zero attached hydrogens (tertiary/aromatic N) is 1. The van der Waals surface area contributed by atoms with Crippen LogP contribution in [0.2, 0.25) is 0 Å². The lowest BCUT2D eigenvalue weighted by atomic mass is 10.1. The average molecular weight is 367 g/mol. The molecule has 0 spiro atoms. The fourth-order valence-electron chi connectivity index (χ4n) is 3.33. The Bertz CT molecular complexity index is 1110. The first-order valence-corrected chi connectivity index (χ1v) is 9.81. The molecule has 0 N–H and O–H groups in total. The van der Waals surface area contributed by atoms with Crippen molar-refractivity contribution >= 4 is 32.5 Å². The van der Waals surface area contributed by atoms with Gasteiger partial charge in [0.15, 0.2) is 0 Å². The molecule has 0 fully saturated rings.